The van der Waals surface area contributed by atoms with Gasteiger partial charge in [0.1, 0.15) is 5.75 Å². The first-order valence-electron chi connectivity index (χ1n) is 8.21. The number of hydrogen-bond acceptors (Lipinski definition) is 2. The SMILES string of the molecule is CCCC(C)COc1c(C)cc(CNC(C)(C)C)cc1C. The summed E-state index contributed by atoms with van der Waals surface area (Å²) in [5.74, 6) is 1.69. The van der Waals surface area contributed by atoms with E-state index in [0.717, 1.165) is 18.9 Å². The third-order valence-corrected chi connectivity index (χ3v) is 3.64. The maximum Gasteiger partial charge on any atom is 0.125 e. The van der Waals surface area contributed by atoms with Crippen molar-refractivity contribution in [1.29, 1.82) is 0 Å². The van der Waals surface area contributed by atoms with Crippen LogP contribution in [0.2, 0.25) is 0 Å². The standard InChI is InChI=1S/C19H33NO/c1-8-9-14(2)13-21-18-15(3)10-17(11-16(18)4)12-20-19(5,6)7/h10-11,14,20H,8-9,12-13H2,1-7H3. The Balaban J connectivity index is 2.71. The zero-order valence-corrected chi connectivity index (χ0v) is 15.0. The lowest BCUT2D eigenvalue weighted by molar-refractivity contribution is 0.248. The summed E-state index contributed by atoms with van der Waals surface area (Å²) in [5.41, 5.74) is 3.95. The van der Waals surface area contributed by atoms with E-state index in [1.807, 2.05) is 0 Å². The number of benzene rings is 1. The largest absolute Gasteiger partial charge is 0.493 e. The lowest BCUT2D eigenvalue weighted by atomic mass is 10.0. The maximum absolute atomic E-state index is 6.06. The van der Waals surface area contributed by atoms with Crippen LogP contribution in [-0.4, -0.2) is 12.1 Å². The van der Waals surface area contributed by atoms with Gasteiger partial charge in [0.05, 0.1) is 6.61 Å². The minimum absolute atomic E-state index is 0.145. The van der Waals surface area contributed by atoms with Gasteiger partial charge >= 0.3 is 0 Å². The van der Waals surface area contributed by atoms with E-state index in [0.29, 0.717) is 5.92 Å². The van der Waals surface area contributed by atoms with E-state index in [1.165, 1.54) is 29.5 Å². The number of rotatable bonds is 7. The number of hydrogen-bond donors (Lipinski definition) is 1. The van der Waals surface area contributed by atoms with Crippen molar-refractivity contribution in [3.8, 4) is 5.75 Å². The van der Waals surface area contributed by atoms with Gasteiger partial charge in [-0.1, -0.05) is 32.4 Å². The van der Waals surface area contributed by atoms with Crippen LogP contribution in [0.5, 0.6) is 5.75 Å². The Hall–Kier alpha value is -1.02. The summed E-state index contributed by atoms with van der Waals surface area (Å²) in [6.45, 7) is 17.1. The molecule has 1 atom stereocenters. The van der Waals surface area contributed by atoms with Crippen LogP contribution in [0.4, 0.5) is 0 Å². The molecule has 0 heterocycles. The average Bonchev–Trinajstić information content (AvgIpc) is 2.35. The van der Waals surface area contributed by atoms with Gasteiger partial charge in [0, 0.05) is 12.1 Å². The van der Waals surface area contributed by atoms with Gasteiger partial charge in [-0.05, 0) is 63.6 Å². The molecule has 0 amide bonds. The lowest BCUT2D eigenvalue weighted by Crippen LogP contribution is -2.35. The molecule has 1 aromatic carbocycles. The van der Waals surface area contributed by atoms with E-state index in [2.05, 4.69) is 65.9 Å². The molecule has 0 aliphatic rings. The van der Waals surface area contributed by atoms with Gasteiger partial charge < -0.3 is 10.1 Å². The molecule has 1 rings (SSSR count). The van der Waals surface area contributed by atoms with Gasteiger partial charge in [0.2, 0.25) is 0 Å². The Morgan fingerprint density at radius 1 is 1.14 bits per heavy atom. The van der Waals surface area contributed by atoms with Crippen molar-refractivity contribution in [1.82, 2.24) is 5.32 Å². The van der Waals surface area contributed by atoms with Crippen LogP contribution in [0, 0.1) is 19.8 Å². The van der Waals surface area contributed by atoms with Gasteiger partial charge in [-0.3, -0.25) is 0 Å². The molecule has 1 unspecified atom stereocenters. The highest BCUT2D eigenvalue weighted by atomic mass is 16.5. The second-order valence-electron chi connectivity index (χ2n) is 7.37. The predicted molar refractivity (Wildman–Crippen MR) is 92.1 cm³/mol. The molecule has 0 saturated carbocycles. The second-order valence-corrected chi connectivity index (χ2v) is 7.37. The minimum Gasteiger partial charge on any atom is -0.493 e. The fourth-order valence-electron chi connectivity index (χ4n) is 2.54. The zero-order valence-electron chi connectivity index (χ0n) is 15.0. The van der Waals surface area contributed by atoms with Gasteiger partial charge in [-0.25, -0.2) is 0 Å². The van der Waals surface area contributed by atoms with Crippen LogP contribution in [0.25, 0.3) is 0 Å². The van der Waals surface area contributed by atoms with Gasteiger partial charge in [0.15, 0.2) is 0 Å². The summed E-state index contributed by atoms with van der Waals surface area (Å²) in [6.07, 6.45) is 2.45. The van der Waals surface area contributed by atoms with Gasteiger partial charge in [-0.15, -0.1) is 0 Å². The average molecular weight is 291 g/mol. The fraction of sp³-hybridized carbons (Fsp3) is 0.684. The molecule has 0 aromatic heterocycles. The highest BCUT2D eigenvalue weighted by Gasteiger charge is 2.11. The van der Waals surface area contributed by atoms with E-state index in [-0.39, 0.29) is 5.54 Å². The highest BCUT2D eigenvalue weighted by Crippen LogP contribution is 2.26. The first-order chi connectivity index (χ1) is 9.73. The Kier molecular flexibility index (Phi) is 6.73. The maximum atomic E-state index is 6.06. The predicted octanol–water partition coefficient (Wildman–Crippen LogP) is 5.01. The van der Waals surface area contributed by atoms with Crippen molar-refractivity contribution in [3.05, 3.63) is 28.8 Å². The third kappa shape index (κ3) is 6.52. The molecule has 0 fully saturated rings. The molecular formula is C19H33NO. The number of aryl methyl sites for hydroxylation is 2. The fourth-order valence-corrected chi connectivity index (χ4v) is 2.54. The summed E-state index contributed by atoms with van der Waals surface area (Å²) < 4.78 is 6.06. The normalized spacial score (nSPS) is 13.3. The molecule has 0 spiro atoms. The Morgan fingerprint density at radius 2 is 1.71 bits per heavy atom. The van der Waals surface area contributed by atoms with Crippen LogP contribution in [0.15, 0.2) is 12.1 Å². The minimum atomic E-state index is 0.145. The second kappa shape index (κ2) is 7.84. The summed E-state index contributed by atoms with van der Waals surface area (Å²) in [5, 5.41) is 3.54. The van der Waals surface area contributed by atoms with Crippen molar-refractivity contribution in [2.24, 2.45) is 5.92 Å². The quantitative estimate of drug-likeness (QED) is 0.762. The van der Waals surface area contributed by atoms with Crippen molar-refractivity contribution in [2.75, 3.05) is 6.61 Å². The molecule has 2 nitrogen and oxygen atoms in total. The van der Waals surface area contributed by atoms with Crippen LogP contribution in [0.3, 0.4) is 0 Å². The Morgan fingerprint density at radius 3 is 2.19 bits per heavy atom. The first-order valence-corrected chi connectivity index (χ1v) is 8.21. The molecule has 120 valence electrons. The first kappa shape index (κ1) is 18.0. The lowest BCUT2D eigenvalue weighted by Gasteiger charge is -2.22. The van der Waals surface area contributed by atoms with E-state index in [9.17, 15) is 0 Å². The summed E-state index contributed by atoms with van der Waals surface area (Å²) in [4.78, 5) is 0. The Labute approximate surface area is 131 Å². The topological polar surface area (TPSA) is 21.3 Å². The molecule has 0 aliphatic heterocycles. The zero-order chi connectivity index (χ0) is 16.0. The van der Waals surface area contributed by atoms with Crippen LogP contribution >= 0.6 is 0 Å². The molecule has 1 aromatic rings. The molecule has 0 aliphatic carbocycles. The molecule has 2 heteroatoms. The highest BCUT2D eigenvalue weighted by molar-refractivity contribution is 5.43. The van der Waals surface area contributed by atoms with Crippen LogP contribution in [0.1, 0.15) is 64.2 Å². The van der Waals surface area contributed by atoms with Crippen molar-refractivity contribution >= 4 is 0 Å². The van der Waals surface area contributed by atoms with Crippen LogP contribution in [-0.2, 0) is 6.54 Å². The molecule has 21 heavy (non-hydrogen) atoms. The third-order valence-electron chi connectivity index (χ3n) is 3.64. The van der Waals surface area contributed by atoms with Crippen molar-refractivity contribution in [3.63, 3.8) is 0 Å². The van der Waals surface area contributed by atoms with E-state index in [4.69, 9.17) is 4.74 Å². The van der Waals surface area contributed by atoms with Gasteiger partial charge in [-0.2, -0.15) is 0 Å². The van der Waals surface area contributed by atoms with Crippen molar-refractivity contribution in [2.45, 2.75) is 73.4 Å². The molecule has 1 N–H and O–H groups in total. The monoisotopic (exact) mass is 291 g/mol. The van der Waals surface area contributed by atoms with E-state index < -0.39 is 0 Å². The van der Waals surface area contributed by atoms with Crippen LogP contribution < -0.4 is 10.1 Å². The summed E-state index contributed by atoms with van der Waals surface area (Å²) in [6, 6.07) is 4.48. The summed E-state index contributed by atoms with van der Waals surface area (Å²) >= 11 is 0. The molecule has 0 saturated heterocycles. The Bertz CT molecular complexity index is 422. The van der Waals surface area contributed by atoms with Crippen molar-refractivity contribution < 1.29 is 4.74 Å². The molecule has 0 bridgehead atoms. The number of ether oxygens (including phenoxy) is 1. The van der Waals surface area contributed by atoms with Gasteiger partial charge in [0.25, 0.3) is 0 Å². The summed E-state index contributed by atoms with van der Waals surface area (Å²) in [7, 11) is 0. The van der Waals surface area contributed by atoms with E-state index in [1.54, 1.807) is 0 Å². The molecular weight excluding hydrogens is 258 g/mol. The molecule has 0 radical (unpaired) electrons. The smallest absolute Gasteiger partial charge is 0.125 e. The number of nitrogens with one attached hydrogen (secondary N) is 1. The van der Waals surface area contributed by atoms with E-state index >= 15 is 0 Å².